The van der Waals surface area contributed by atoms with E-state index in [2.05, 4.69) is 31.2 Å². The lowest BCUT2D eigenvalue weighted by Crippen LogP contribution is -2.60. The summed E-state index contributed by atoms with van der Waals surface area (Å²) in [4.78, 5) is 102. The Hall–Kier alpha value is -5.35. The lowest BCUT2D eigenvalue weighted by atomic mass is 9.91. The molecule has 2 fully saturated rings. The molecule has 2 aromatic rings. The zero-order valence-electron chi connectivity index (χ0n) is 31.5. The van der Waals surface area contributed by atoms with Crippen molar-refractivity contribution in [3.63, 3.8) is 0 Å². The average molecular weight is 770 g/mol. The number of ketones is 1. The van der Waals surface area contributed by atoms with Crippen molar-refractivity contribution in [2.75, 3.05) is 6.54 Å². The lowest BCUT2D eigenvalue weighted by Gasteiger charge is -2.34. The van der Waals surface area contributed by atoms with Gasteiger partial charge in [0.2, 0.25) is 23.5 Å². The van der Waals surface area contributed by atoms with Gasteiger partial charge >= 0.3 is 5.97 Å². The van der Waals surface area contributed by atoms with Crippen molar-refractivity contribution in [1.82, 2.24) is 36.1 Å². The van der Waals surface area contributed by atoms with Crippen molar-refractivity contribution in [1.29, 1.82) is 0 Å². The summed E-state index contributed by atoms with van der Waals surface area (Å²) >= 11 is 0. The van der Waals surface area contributed by atoms with Crippen LogP contribution in [0, 0.1) is 23.7 Å². The highest BCUT2D eigenvalue weighted by atomic mass is 19.3. The number of benzene rings is 1. The Labute approximate surface area is 317 Å². The number of alkyl halides is 2. The molecular weight excluding hydrogens is 720 g/mol. The molecule has 5 amide bonds. The van der Waals surface area contributed by atoms with E-state index in [0.29, 0.717) is 12.0 Å². The van der Waals surface area contributed by atoms with Crippen molar-refractivity contribution in [2.24, 2.45) is 23.7 Å². The number of Topliss-reactive ketones (excluding diaryl/α,β-unsaturated/α-hetero) is 1. The molecule has 1 aromatic carbocycles. The molecule has 1 aromatic heterocycles. The third kappa shape index (κ3) is 10.2. The van der Waals surface area contributed by atoms with Gasteiger partial charge in [0, 0.05) is 37.7 Å². The molecule has 1 aliphatic carbocycles. The van der Waals surface area contributed by atoms with E-state index >= 15 is 8.78 Å². The highest BCUT2D eigenvalue weighted by molar-refractivity contribution is 6.38. The molecule has 5 N–H and O–H groups in total. The molecule has 0 spiro atoms. The van der Waals surface area contributed by atoms with E-state index in [1.54, 1.807) is 65.0 Å². The zero-order chi connectivity index (χ0) is 40.6. The van der Waals surface area contributed by atoms with Crippen LogP contribution in [0.25, 0.3) is 0 Å². The first-order valence-corrected chi connectivity index (χ1v) is 18.4. The summed E-state index contributed by atoms with van der Waals surface area (Å²) < 4.78 is 30.4. The van der Waals surface area contributed by atoms with Gasteiger partial charge in [0.25, 0.3) is 17.7 Å². The maximum atomic E-state index is 15.2. The number of halogens is 2. The van der Waals surface area contributed by atoms with Gasteiger partial charge in [0.1, 0.15) is 29.9 Å². The predicted octanol–water partition coefficient (Wildman–Crippen LogP) is 1.91. The van der Waals surface area contributed by atoms with Crippen molar-refractivity contribution in [3.05, 3.63) is 60.2 Å². The second-order valence-corrected chi connectivity index (χ2v) is 14.8. The summed E-state index contributed by atoms with van der Waals surface area (Å²) in [5.74, 6) is -13.5. The van der Waals surface area contributed by atoms with Crippen LogP contribution in [-0.2, 0) is 35.2 Å². The maximum absolute atomic E-state index is 15.2. The maximum Gasteiger partial charge on any atom is 0.326 e. The van der Waals surface area contributed by atoms with Crippen LogP contribution in [-0.4, -0.2) is 104 Å². The summed E-state index contributed by atoms with van der Waals surface area (Å²) in [6, 6.07) is 1.63. The number of carbonyl (C=O) groups is 7. The van der Waals surface area contributed by atoms with Crippen LogP contribution in [0.1, 0.15) is 76.4 Å². The van der Waals surface area contributed by atoms with Crippen LogP contribution in [0.15, 0.2) is 48.9 Å². The van der Waals surface area contributed by atoms with E-state index in [4.69, 9.17) is 0 Å². The zero-order valence-corrected chi connectivity index (χ0v) is 31.5. The summed E-state index contributed by atoms with van der Waals surface area (Å²) in [6.45, 7) is 7.80. The molecule has 1 saturated carbocycles. The number of amides is 5. The van der Waals surface area contributed by atoms with E-state index < -0.39 is 114 Å². The first-order valence-electron chi connectivity index (χ1n) is 18.4. The SMILES string of the molecule is CCCC(NC(=O)[C@@H]1[C@H]2CCC(F)(F)[C@H]2CN1C(=O)[C@@H](NC(=O)[C@H](NC(=O)c1cnccn1)C(C)C)C(C)C)C(=O)C(=O)N[C@@H](Cc1ccccc1)C(=O)O. The van der Waals surface area contributed by atoms with Gasteiger partial charge in [0.15, 0.2) is 0 Å². The summed E-state index contributed by atoms with van der Waals surface area (Å²) in [7, 11) is 0. The highest BCUT2D eigenvalue weighted by Gasteiger charge is 2.61. The van der Waals surface area contributed by atoms with Gasteiger partial charge in [-0.3, -0.25) is 33.8 Å². The minimum Gasteiger partial charge on any atom is -0.480 e. The number of aliphatic carboxylic acids is 1. The van der Waals surface area contributed by atoms with Crippen molar-refractivity contribution in [2.45, 2.75) is 103 Å². The molecule has 1 aliphatic heterocycles. The number of aromatic nitrogens is 2. The standard InChI is InChI=1S/C38H49F2N7O8/c1-6-10-25(31(48)35(52)44-26(37(54)55)17-22-11-8-7-9-12-22)43-34(51)30-23-13-14-38(39,40)24(23)19-47(30)36(53)29(21(4)5)46-33(50)28(20(2)3)45-32(49)27-18-41-15-16-42-27/h7-9,11-12,15-16,18,20-21,23-26,28-30H,6,10,13-14,17,19H2,1-5H3,(H,43,51)(H,44,52)(H,45,49)(H,46,50)(H,54,55)/t23-,24-,25?,26-,28+,29-,30-/m0/s1. The summed E-state index contributed by atoms with van der Waals surface area (Å²) in [6.07, 6.45) is 3.44. The molecule has 7 atom stereocenters. The molecule has 0 bridgehead atoms. The normalized spacial score (nSPS) is 20.8. The van der Waals surface area contributed by atoms with E-state index in [1.165, 1.54) is 18.6 Å². The molecule has 0 radical (unpaired) electrons. The minimum absolute atomic E-state index is 0.0398. The van der Waals surface area contributed by atoms with Gasteiger partial charge in [-0.05, 0) is 36.2 Å². The fraction of sp³-hybridized carbons (Fsp3) is 0.553. The van der Waals surface area contributed by atoms with Gasteiger partial charge < -0.3 is 31.3 Å². The first-order chi connectivity index (χ1) is 26.0. The van der Waals surface area contributed by atoms with Gasteiger partial charge in [0.05, 0.1) is 12.2 Å². The third-order valence-electron chi connectivity index (χ3n) is 10.1. The Morgan fingerprint density at radius 3 is 2.16 bits per heavy atom. The molecule has 1 saturated heterocycles. The Bertz CT molecular complexity index is 1730. The molecular formula is C38H49F2N7O8. The van der Waals surface area contributed by atoms with Gasteiger partial charge in [-0.15, -0.1) is 0 Å². The number of likely N-dealkylation sites (tertiary alicyclic amines) is 1. The van der Waals surface area contributed by atoms with Crippen LogP contribution in [0.5, 0.6) is 0 Å². The molecule has 2 heterocycles. The molecule has 1 unspecified atom stereocenters. The number of nitrogens with zero attached hydrogens (tertiary/aromatic N) is 3. The summed E-state index contributed by atoms with van der Waals surface area (Å²) in [5.41, 5.74) is 0.555. The van der Waals surface area contributed by atoms with Crippen LogP contribution in [0.4, 0.5) is 8.78 Å². The van der Waals surface area contributed by atoms with Crippen LogP contribution in [0.3, 0.4) is 0 Å². The number of rotatable bonds is 17. The largest absolute Gasteiger partial charge is 0.480 e. The number of hydrogen-bond acceptors (Lipinski definition) is 9. The van der Waals surface area contributed by atoms with E-state index in [-0.39, 0.29) is 25.0 Å². The quantitative estimate of drug-likeness (QED) is 0.147. The van der Waals surface area contributed by atoms with Crippen LogP contribution in [0.2, 0.25) is 0 Å². The van der Waals surface area contributed by atoms with E-state index in [0.717, 1.165) is 4.90 Å². The Morgan fingerprint density at radius 1 is 0.909 bits per heavy atom. The second kappa shape index (κ2) is 18.3. The first kappa shape index (κ1) is 42.4. The smallest absolute Gasteiger partial charge is 0.326 e. The van der Waals surface area contributed by atoms with Gasteiger partial charge in [-0.1, -0.05) is 71.4 Å². The molecule has 298 valence electrons. The molecule has 4 rings (SSSR count). The predicted molar refractivity (Wildman–Crippen MR) is 193 cm³/mol. The van der Waals surface area contributed by atoms with Crippen LogP contribution < -0.4 is 21.3 Å². The number of fused-ring (bicyclic) bond motifs is 1. The lowest BCUT2D eigenvalue weighted by molar-refractivity contribution is -0.146. The number of carboxylic acids is 1. The Kier molecular flexibility index (Phi) is 14.1. The third-order valence-corrected chi connectivity index (χ3v) is 10.1. The second-order valence-electron chi connectivity index (χ2n) is 14.8. The Morgan fingerprint density at radius 2 is 1.58 bits per heavy atom. The number of hydrogen-bond donors (Lipinski definition) is 5. The van der Waals surface area contributed by atoms with Crippen molar-refractivity contribution in [3.8, 4) is 0 Å². The minimum atomic E-state index is -3.20. The van der Waals surface area contributed by atoms with Crippen molar-refractivity contribution >= 4 is 41.3 Å². The summed E-state index contributed by atoms with van der Waals surface area (Å²) in [5, 5.41) is 19.7. The van der Waals surface area contributed by atoms with Gasteiger partial charge in [-0.2, -0.15) is 0 Å². The Balaban J connectivity index is 1.54. The molecule has 17 heteroatoms. The molecule has 15 nitrogen and oxygen atoms in total. The van der Waals surface area contributed by atoms with E-state index in [1.807, 2.05) is 0 Å². The van der Waals surface area contributed by atoms with E-state index in [9.17, 15) is 38.7 Å². The number of carbonyl (C=O) groups excluding carboxylic acids is 6. The fourth-order valence-electron chi connectivity index (χ4n) is 7.18. The van der Waals surface area contributed by atoms with Crippen LogP contribution >= 0.6 is 0 Å². The topological polar surface area (TPSA) is 217 Å². The number of carboxylic acid groups (broad SMARTS) is 1. The monoisotopic (exact) mass is 769 g/mol. The average Bonchev–Trinajstić information content (AvgIpc) is 3.68. The van der Waals surface area contributed by atoms with Crippen molar-refractivity contribution < 1.29 is 47.4 Å². The molecule has 55 heavy (non-hydrogen) atoms. The van der Waals surface area contributed by atoms with Gasteiger partial charge in [-0.25, -0.2) is 18.6 Å². The molecule has 2 aliphatic rings. The number of nitrogens with one attached hydrogen (secondary N) is 4. The highest BCUT2D eigenvalue weighted by Crippen LogP contribution is 2.51. The fourth-order valence-corrected chi connectivity index (χ4v) is 7.18.